The van der Waals surface area contributed by atoms with Crippen molar-refractivity contribution in [2.45, 2.75) is 0 Å². The van der Waals surface area contributed by atoms with Crippen molar-refractivity contribution in [2.75, 3.05) is 0 Å². The lowest BCUT2D eigenvalue weighted by molar-refractivity contribution is 1.11. The fraction of sp³-hybridized carbons (Fsp3) is 0. The molecule has 76 heavy (non-hydrogen) atoms. The van der Waals surface area contributed by atoms with Gasteiger partial charge in [0.1, 0.15) is 11.6 Å². The summed E-state index contributed by atoms with van der Waals surface area (Å²) in [5, 5.41) is 22.1. The zero-order valence-corrected chi connectivity index (χ0v) is 40.8. The van der Waals surface area contributed by atoms with Gasteiger partial charge in [0.05, 0.1) is 66.7 Å². The van der Waals surface area contributed by atoms with Gasteiger partial charge in [-0.3, -0.25) is 0 Å². The highest BCUT2D eigenvalue weighted by Gasteiger charge is 2.27. The second-order valence-electron chi connectivity index (χ2n) is 19.6. The zero-order valence-electron chi connectivity index (χ0n) is 40.8. The number of rotatable bonds is 6. The van der Waals surface area contributed by atoms with Crippen LogP contribution in [0.5, 0.6) is 0 Å². The third kappa shape index (κ3) is 5.92. The monoisotopic (exact) mass is 967 g/mol. The van der Waals surface area contributed by atoms with Crippen molar-refractivity contribution in [1.82, 2.24) is 28.2 Å². The van der Waals surface area contributed by atoms with E-state index in [9.17, 15) is 5.26 Å². The number of para-hydroxylation sites is 7. The SMILES string of the molecule is N#Cc1c(-n2c3ccccc3c3c2ccc2c4ccccc4n(-c4ccccc4)c23)cc(-c2nc(-c3ccccc3)nc3ccccc23)cc1-n1c2ccccc2c2c1ccc1c3ccccc3n(-c3ccccc3)c12. The summed E-state index contributed by atoms with van der Waals surface area (Å²) in [5.74, 6) is 0.628. The Morgan fingerprint density at radius 3 is 1.21 bits per heavy atom. The molecule has 0 unspecified atom stereocenters. The number of nitriles is 1. The molecule has 0 saturated carbocycles. The number of nitrogens with zero attached hydrogens (tertiary/aromatic N) is 7. The van der Waals surface area contributed by atoms with Crippen LogP contribution in [0.4, 0.5) is 0 Å². The second kappa shape index (κ2) is 16.2. The molecule has 0 aliphatic rings. The second-order valence-corrected chi connectivity index (χ2v) is 19.6. The van der Waals surface area contributed by atoms with E-state index in [0.29, 0.717) is 11.4 Å². The van der Waals surface area contributed by atoms with Gasteiger partial charge in [0, 0.05) is 71.0 Å². The fourth-order valence-corrected chi connectivity index (χ4v) is 12.5. The van der Waals surface area contributed by atoms with Crippen LogP contribution in [-0.2, 0) is 0 Å². The Labute approximate surface area is 435 Å². The molecule has 5 aromatic heterocycles. The minimum Gasteiger partial charge on any atom is -0.309 e. The molecule has 352 valence electrons. The van der Waals surface area contributed by atoms with Crippen LogP contribution >= 0.6 is 0 Å². The first-order valence-corrected chi connectivity index (χ1v) is 25.6. The molecule has 5 heterocycles. The molecule has 0 saturated heterocycles. The lowest BCUT2D eigenvalue weighted by Gasteiger charge is -2.19. The third-order valence-corrected chi connectivity index (χ3v) is 15.6. The van der Waals surface area contributed by atoms with Crippen molar-refractivity contribution in [3.05, 3.63) is 254 Å². The van der Waals surface area contributed by atoms with Crippen LogP contribution in [0.2, 0.25) is 0 Å². The maximum Gasteiger partial charge on any atom is 0.160 e. The minimum atomic E-state index is 0.531. The highest BCUT2D eigenvalue weighted by molar-refractivity contribution is 6.28. The van der Waals surface area contributed by atoms with E-state index in [1.165, 1.54) is 10.8 Å². The summed E-state index contributed by atoms with van der Waals surface area (Å²) in [5.41, 5.74) is 16.0. The predicted molar refractivity (Wildman–Crippen MR) is 312 cm³/mol. The third-order valence-electron chi connectivity index (χ3n) is 15.6. The Balaban J connectivity index is 1.08. The van der Waals surface area contributed by atoms with Crippen LogP contribution in [0.15, 0.2) is 249 Å². The van der Waals surface area contributed by atoms with Gasteiger partial charge in [-0.2, -0.15) is 5.26 Å². The maximum absolute atomic E-state index is 12.1. The number of fused-ring (bicyclic) bond motifs is 15. The first-order valence-electron chi connectivity index (χ1n) is 25.6. The average Bonchev–Trinajstić information content (AvgIpc) is 4.26. The van der Waals surface area contributed by atoms with E-state index in [2.05, 4.69) is 249 Å². The number of benzene rings is 11. The lowest BCUT2D eigenvalue weighted by atomic mass is 10.00. The Bertz CT molecular complexity index is 4860. The standard InChI is InChI=1S/C69H41N7/c70-42-54-62(75-58-34-18-13-29-52(58)64-60(75)38-36-49-47-26-11-16-32-56(47)73(67(49)64)45-22-6-2-7-23-45)40-44(66-51-28-10-15-31-55(51)71-69(72-66)43-20-4-1-5-21-43)41-63(54)76-59-35-19-14-30-53(59)65-61(76)39-37-50-48-27-12-17-33-57(48)74(68(50)65)46-24-8-3-9-25-46/h1-41H. The van der Waals surface area contributed by atoms with Gasteiger partial charge in [0.2, 0.25) is 0 Å². The van der Waals surface area contributed by atoms with Crippen LogP contribution in [0.3, 0.4) is 0 Å². The minimum absolute atomic E-state index is 0.531. The van der Waals surface area contributed by atoms with Gasteiger partial charge < -0.3 is 18.3 Å². The van der Waals surface area contributed by atoms with E-state index < -0.39 is 0 Å². The van der Waals surface area contributed by atoms with Crippen molar-refractivity contribution in [2.24, 2.45) is 0 Å². The van der Waals surface area contributed by atoms with Crippen molar-refractivity contribution in [3.8, 4) is 51.5 Å². The lowest BCUT2D eigenvalue weighted by Crippen LogP contribution is -2.06. The molecule has 0 aliphatic carbocycles. The Morgan fingerprint density at radius 1 is 0.316 bits per heavy atom. The van der Waals surface area contributed by atoms with Gasteiger partial charge in [-0.05, 0) is 78.9 Å². The molecule has 0 aliphatic heterocycles. The molecule has 16 aromatic rings. The van der Waals surface area contributed by atoms with E-state index in [1.54, 1.807) is 0 Å². The topological polar surface area (TPSA) is 69.3 Å². The fourth-order valence-electron chi connectivity index (χ4n) is 12.5. The molecular weight excluding hydrogens is 927 g/mol. The zero-order chi connectivity index (χ0) is 50.0. The van der Waals surface area contributed by atoms with Crippen molar-refractivity contribution >= 4 is 98.1 Å². The molecule has 7 nitrogen and oxygen atoms in total. The van der Waals surface area contributed by atoms with E-state index in [-0.39, 0.29) is 0 Å². The molecule has 16 rings (SSSR count). The smallest absolute Gasteiger partial charge is 0.160 e. The number of hydrogen-bond acceptors (Lipinski definition) is 3. The van der Waals surface area contributed by atoms with Crippen LogP contribution in [0.1, 0.15) is 5.56 Å². The van der Waals surface area contributed by atoms with Crippen LogP contribution in [-0.4, -0.2) is 28.2 Å². The van der Waals surface area contributed by atoms with Gasteiger partial charge in [-0.1, -0.05) is 170 Å². The summed E-state index contributed by atoms with van der Waals surface area (Å²) in [6.07, 6.45) is 0. The molecule has 0 N–H and O–H groups in total. The molecular formula is C69H41N7. The quantitative estimate of drug-likeness (QED) is 0.167. The summed E-state index contributed by atoms with van der Waals surface area (Å²) in [4.78, 5) is 10.6. The Kier molecular flexibility index (Phi) is 8.97. The van der Waals surface area contributed by atoms with E-state index >= 15 is 0 Å². The molecule has 7 heteroatoms. The summed E-state index contributed by atoms with van der Waals surface area (Å²) >= 11 is 0. The summed E-state index contributed by atoms with van der Waals surface area (Å²) in [7, 11) is 0. The van der Waals surface area contributed by atoms with E-state index in [4.69, 9.17) is 9.97 Å². The summed E-state index contributed by atoms with van der Waals surface area (Å²) in [6, 6.07) is 90.6. The van der Waals surface area contributed by atoms with Gasteiger partial charge in [-0.25, -0.2) is 9.97 Å². The normalized spacial score (nSPS) is 11.9. The Hall–Kier alpha value is -10.6. The molecule has 0 bridgehead atoms. The first kappa shape index (κ1) is 42.0. The molecule has 0 amide bonds. The molecule has 0 atom stereocenters. The van der Waals surface area contributed by atoms with Crippen LogP contribution in [0.25, 0.3) is 144 Å². The highest BCUT2D eigenvalue weighted by Crippen LogP contribution is 2.47. The highest BCUT2D eigenvalue weighted by atomic mass is 15.0. The number of hydrogen-bond donors (Lipinski definition) is 0. The van der Waals surface area contributed by atoms with Gasteiger partial charge in [0.15, 0.2) is 5.82 Å². The summed E-state index contributed by atoms with van der Waals surface area (Å²) < 4.78 is 9.46. The van der Waals surface area contributed by atoms with Crippen molar-refractivity contribution in [1.29, 1.82) is 5.26 Å². The van der Waals surface area contributed by atoms with Crippen LogP contribution < -0.4 is 0 Å². The molecule has 11 aromatic carbocycles. The van der Waals surface area contributed by atoms with Gasteiger partial charge >= 0.3 is 0 Å². The van der Waals surface area contributed by atoms with Gasteiger partial charge in [-0.15, -0.1) is 0 Å². The van der Waals surface area contributed by atoms with E-state index in [0.717, 1.165) is 127 Å². The summed E-state index contributed by atoms with van der Waals surface area (Å²) in [6.45, 7) is 0. The predicted octanol–water partition coefficient (Wildman–Crippen LogP) is 17.2. The molecule has 0 fully saturated rings. The van der Waals surface area contributed by atoms with Crippen molar-refractivity contribution < 1.29 is 0 Å². The first-order chi connectivity index (χ1) is 37.7. The van der Waals surface area contributed by atoms with Crippen molar-refractivity contribution in [3.63, 3.8) is 0 Å². The average molecular weight is 968 g/mol. The molecule has 0 radical (unpaired) electrons. The van der Waals surface area contributed by atoms with Gasteiger partial charge in [0.25, 0.3) is 0 Å². The molecule has 0 spiro atoms. The maximum atomic E-state index is 12.1. The Morgan fingerprint density at radius 2 is 0.724 bits per heavy atom. The van der Waals surface area contributed by atoms with Crippen LogP contribution in [0, 0.1) is 11.3 Å². The largest absolute Gasteiger partial charge is 0.309 e. The number of aromatic nitrogens is 6. The van der Waals surface area contributed by atoms with E-state index in [1.807, 2.05) is 24.3 Å².